The minimum Gasteiger partial charge on any atom is -0.343 e. The van der Waals surface area contributed by atoms with Crippen LogP contribution < -0.4 is 0 Å². The summed E-state index contributed by atoms with van der Waals surface area (Å²) in [6.45, 7) is 2.45. The molecule has 0 aliphatic carbocycles. The number of rotatable bonds is 2. The van der Waals surface area contributed by atoms with Crippen LogP contribution in [0.3, 0.4) is 0 Å². The molecule has 1 aromatic rings. The first-order chi connectivity index (χ1) is 7.15. The van der Waals surface area contributed by atoms with Gasteiger partial charge in [0.1, 0.15) is 0 Å². The molecule has 1 aromatic carbocycles. The van der Waals surface area contributed by atoms with Gasteiger partial charge in [0.05, 0.1) is 12.7 Å². The average molecular weight is 245 g/mol. The topological polar surface area (TPSA) is 18.5 Å². The molecule has 2 rings (SSSR count). The number of hydrogen-bond donors (Lipinski definition) is 1. The molecule has 1 aliphatic rings. The number of hydrogen-bond acceptors (Lipinski definition) is 3. The van der Waals surface area contributed by atoms with Crippen molar-refractivity contribution in [3.8, 4) is 0 Å². The Bertz CT molecular complexity index is 358. The summed E-state index contributed by atoms with van der Waals surface area (Å²) >= 11 is 10.3. The number of halogens is 1. The van der Waals surface area contributed by atoms with Crippen molar-refractivity contribution >= 4 is 24.2 Å². The lowest BCUT2D eigenvalue weighted by Gasteiger charge is -2.24. The smallest absolute Gasteiger partial charge is 0.193 e. The summed E-state index contributed by atoms with van der Waals surface area (Å²) in [7, 11) is 0. The van der Waals surface area contributed by atoms with Gasteiger partial charge in [0, 0.05) is 16.3 Å². The molecular weight excluding hydrogens is 232 g/mol. The highest BCUT2D eigenvalue weighted by Crippen LogP contribution is 2.37. The maximum absolute atomic E-state index is 6.11. The zero-order valence-corrected chi connectivity index (χ0v) is 10.1. The van der Waals surface area contributed by atoms with Gasteiger partial charge in [-0.05, 0) is 13.0 Å². The van der Waals surface area contributed by atoms with Gasteiger partial charge in [-0.1, -0.05) is 29.8 Å². The molecule has 1 aliphatic heterocycles. The summed E-state index contributed by atoms with van der Waals surface area (Å²) in [6.07, 6.45) is 0.0367. The van der Waals surface area contributed by atoms with Crippen LogP contribution in [0.15, 0.2) is 24.3 Å². The molecule has 1 saturated heterocycles. The van der Waals surface area contributed by atoms with Crippen LogP contribution in [0, 0.1) is 0 Å². The lowest BCUT2D eigenvalue weighted by molar-refractivity contribution is -0.159. The lowest BCUT2D eigenvalue weighted by atomic mass is 10.1. The van der Waals surface area contributed by atoms with Crippen LogP contribution in [-0.2, 0) is 15.3 Å². The summed E-state index contributed by atoms with van der Waals surface area (Å²) in [6, 6.07) is 7.57. The molecule has 1 fully saturated rings. The summed E-state index contributed by atoms with van der Waals surface area (Å²) in [5.41, 5.74) is 0.871. The molecule has 0 N–H and O–H groups in total. The van der Waals surface area contributed by atoms with E-state index in [1.165, 1.54) is 0 Å². The predicted molar refractivity (Wildman–Crippen MR) is 63.5 cm³/mol. The van der Waals surface area contributed by atoms with Gasteiger partial charge in [0.25, 0.3) is 0 Å². The Balaban J connectivity index is 2.27. The summed E-state index contributed by atoms with van der Waals surface area (Å²) in [4.78, 5) is 0. The van der Waals surface area contributed by atoms with E-state index in [1.807, 2.05) is 31.2 Å². The van der Waals surface area contributed by atoms with E-state index in [4.69, 9.17) is 21.1 Å². The molecule has 0 radical (unpaired) electrons. The van der Waals surface area contributed by atoms with Crippen LogP contribution in [-0.4, -0.2) is 18.5 Å². The number of thiol groups is 1. The molecule has 0 saturated carbocycles. The molecule has 15 heavy (non-hydrogen) atoms. The van der Waals surface area contributed by atoms with Crippen LogP contribution in [0.2, 0.25) is 5.02 Å². The normalized spacial score (nSPS) is 30.7. The first-order valence-corrected chi connectivity index (χ1v) is 5.84. The second-order valence-electron chi connectivity index (χ2n) is 3.66. The molecule has 2 atom stereocenters. The van der Waals surface area contributed by atoms with Gasteiger partial charge in [-0.3, -0.25) is 0 Å². The zero-order valence-electron chi connectivity index (χ0n) is 8.44. The van der Waals surface area contributed by atoms with E-state index in [2.05, 4.69) is 12.6 Å². The maximum Gasteiger partial charge on any atom is 0.193 e. The molecule has 82 valence electrons. The molecule has 1 heterocycles. The molecule has 0 bridgehead atoms. The van der Waals surface area contributed by atoms with Crippen molar-refractivity contribution in [1.82, 2.24) is 0 Å². The van der Waals surface area contributed by atoms with Crippen LogP contribution in [0.25, 0.3) is 0 Å². The zero-order chi connectivity index (χ0) is 10.9. The molecular formula is C11H13ClO2S. The van der Waals surface area contributed by atoms with Crippen LogP contribution in [0.4, 0.5) is 0 Å². The summed E-state index contributed by atoms with van der Waals surface area (Å²) < 4.78 is 11.4. The highest BCUT2D eigenvalue weighted by molar-refractivity contribution is 7.80. The second kappa shape index (κ2) is 4.34. The largest absolute Gasteiger partial charge is 0.343 e. The third kappa shape index (κ3) is 2.16. The van der Waals surface area contributed by atoms with Crippen molar-refractivity contribution in [2.75, 3.05) is 12.4 Å². The van der Waals surface area contributed by atoms with Gasteiger partial charge in [-0.25, -0.2) is 0 Å². The third-order valence-corrected chi connectivity index (χ3v) is 3.24. The minimum absolute atomic E-state index is 0.0367. The minimum atomic E-state index is -0.730. The maximum atomic E-state index is 6.11. The van der Waals surface area contributed by atoms with Crippen LogP contribution >= 0.6 is 24.2 Å². The fourth-order valence-electron chi connectivity index (χ4n) is 1.70. The molecule has 4 heteroatoms. The molecule has 0 amide bonds. The van der Waals surface area contributed by atoms with Gasteiger partial charge in [-0.2, -0.15) is 12.6 Å². The summed E-state index contributed by atoms with van der Waals surface area (Å²) in [5.74, 6) is -0.0776. The van der Waals surface area contributed by atoms with Crippen molar-refractivity contribution in [1.29, 1.82) is 0 Å². The fraction of sp³-hybridized carbons (Fsp3) is 0.455. The van der Waals surface area contributed by atoms with E-state index < -0.39 is 5.79 Å². The first-order valence-electron chi connectivity index (χ1n) is 4.83. The van der Waals surface area contributed by atoms with Crippen LogP contribution in [0.1, 0.15) is 12.5 Å². The van der Waals surface area contributed by atoms with E-state index in [1.54, 1.807) is 0 Å². The first kappa shape index (κ1) is 11.3. The SMILES string of the molecule is C[C@@]1(c2ccccc2Cl)OC[C@@H](CS)O1. The van der Waals surface area contributed by atoms with E-state index in [0.29, 0.717) is 17.4 Å². The lowest BCUT2D eigenvalue weighted by Crippen LogP contribution is -2.24. The van der Waals surface area contributed by atoms with E-state index in [0.717, 1.165) is 5.56 Å². The van der Waals surface area contributed by atoms with E-state index >= 15 is 0 Å². The second-order valence-corrected chi connectivity index (χ2v) is 4.43. The number of ether oxygens (including phenoxy) is 2. The van der Waals surface area contributed by atoms with Gasteiger partial charge >= 0.3 is 0 Å². The number of benzene rings is 1. The summed E-state index contributed by atoms with van der Waals surface area (Å²) in [5, 5.41) is 0.666. The average Bonchev–Trinajstić information content (AvgIpc) is 2.62. The molecule has 0 aromatic heterocycles. The Labute approximate surface area is 99.9 Å². The van der Waals surface area contributed by atoms with Gasteiger partial charge in [0.2, 0.25) is 0 Å². The highest BCUT2D eigenvalue weighted by atomic mass is 35.5. The van der Waals surface area contributed by atoms with Gasteiger partial charge < -0.3 is 9.47 Å². The molecule has 0 unspecified atom stereocenters. The van der Waals surface area contributed by atoms with Gasteiger partial charge in [-0.15, -0.1) is 0 Å². The van der Waals surface area contributed by atoms with Crippen molar-refractivity contribution in [2.45, 2.75) is 18.8 Å². The monoisotopic (exact) mass is 244 g/mol. The van der Waals surface area contributed by atoms with E-state index in [-0.39, 0.29) is 6.10 Å². The third-order valence-electron chi connectivity index (χ3n) is 2.50. The molecule has 2 nitrogen and oxygen atoms in total. The molecule has 0 spiro atoms. The van der Waals surface area contributed by atoms with Crippen molar-refractivity contribution in [3.05, 3.63) is 34.9 Å². The van der Waals surface area contributed by atoms with Crippen molar-refractivity contribution in [3.63, 3.8) is 0 Å². The van der Waals surface area contributed by atoms with Crippen molar-refractivity contribution < 1.29 is 9.47 Å². The Hall–Kier alpha value is -0.220. The Kier molecular flexibility index (Phi) is 3.26. The predicted octanol–water partition coefficient (Wildman–Crippen LogP) is 2.86. The van der Waals surface area contributed by atoms with Gasteiger partial charge in [0.15, 0.2) is 5.79 Å². The Morgan fingerprint density at radius 1 is 1.53 bits per heavy atom. The van der Waals surface area contributed by atoms with Crippen molar-refractivity contribution in [2.24, 2.45) is 0 Å². The quantitative estimate of drug-likeness (QED) is 0.807. The standard InChI is InChI=1S/C11H13ClO2S/c1-11(13-6-8(7-15)14-11)9-4-2-3-5-10(9)12/h2-5,8,15H,6-7H2,1H3/t8-,11+/m0/s1. The highest BCUT2D eigenvalue weighted by Gasteiger charge is 2.39. The Morgan fingerprint density at radius 3 is 2.87 bits per heavy atom. The van der Waals surface area contributed by atoms with E-state index in [9.17, 15) is 0 Å². The Morgan fingerprint density at radius 2 is 2.27 bits per heavy atom. The van der Waals surface area contributed by atoms with Crippen LogP contribution in [0.5, 0.6) is 0 Å². The fourth-order valence-corrected chi connectivity index (χ4v) is 2.19.